The molecule has 0 aromatic heterocycles. The zero-order valence-electron chi connectivity index (χ0n) is 8.91. The van der Waals surface area contributed by atoms with Crippen LogP contribution < -0.4 is 0 Å². The third-order valence-corrected chi connectivity index (χ3v) is 1.75. The van der Waals surface area contributed by atoms with Gasteiger partial charge in [0.25, 0.3) is 0 Å². The van der Waals surface area contributed by atoms with Crippen molar-refractivity contribution < 1.29 is 19.9 Å². The summed E-state index contributed by atoms with van der Waals surface area (Å²) in [4.78, 5) is 8.98. The molecule has 0 saturated heterocycles. The first kappa shape index (κ1) is 11.8. The minimum Gasteiger partial charge on any atom is -0.504 e. The van der Waals surface area contributed by atoms with Gasteiger partial charge in [-0.3, -0.25) is 0 Å². The fourth-order valence-electron chi connectivity index (χ4n) is 1.06. The van der Waals surface area contributed by atoms with Crippen LogP contribution in [0, 0.1) is 0 Å². The van der Waals surface area contributed by atoms with Crippen LogP contribution in [0.3, 0.4) is 0 Å². The van der Waals surface area contributed by atoms with E-state index in [-0.39, 0.29) is 11.5 Å². The first-order valence-corrected chi connectivity index (χ1v) is 4.38. The van der Waals surface area contributed by atoms with Crippen LogP contribution in [0.25, 0.3) is 0 Å². The van der Waals surface area contributed by atoms with Gasteiger partial charge in [0.05, 0.1) is 12.4 Å². The SMILES string of the molecule is CON=Cc1cc(O)c(O)c(/C=N/OC)c1. The Morgan fingerprint density at radius 3 is 2.31 bits per heavy atom. The summed E-state index contributed by atoms with van der Waals surface area (Å²) in [6, 6.07) is 2.92. The Labute approximate surface area is 92.4 Å². The summed E-state index contributed by atoms with van der Waals surface area (Å²) in [5, 5.41) is 26.0. The molecule has 0 spiro atoms. The summed E-state index contributed by atoms with van der Waals surface area (Å²) < 4.78 is 0. The topological polar surface area (TPSA) is 83.6 Å². The average molecular weight is 224 g/mol. The molecule has 0 atom stereocenters. The van der Waals surface area contributed by atoms with Crippen molar-refractivity contribution >= 4 is 12.4 Å². The third-order valence-electron chi connectivity index (χ3n) is 1.75. The lowest BCUT2D eigenvalue weighted by molar-refractivity contribution is 0.215. The molecule has 1 aromatic carbocycles. The van der Waals surface area contributed by atoms with Crippen molar-refractivity contribution in [3.05, 3.63) is 23.3 Å². The highest BCUT2D eigenvalue weighted by molar-refractivity contribution is 5.90. The summed E-state index contributed by atoms with van der Waals surface area (Å²) in [6.07, 6.45) is 2.67. The third kappa shape index (κ3) is 2.88. The van der Waals surface area contributed by atoms with Crippen LogP contribution >= 0.6 is 0 Å². The predicted molar refractivity (Wildman–Crippen MR) is 59.0 cm³/mol. The van der Waals surface area contributed by atoms with E-state index in [1.54, 1.807) is 6.07 Å². The molecule has 0 aliphatic heterocycles. The Morgan fingerprint density at radius 1 is 1.06 bits per heavy atom. The van der Waals surface area contributed by atoms with Crippen LogP contribution in [-0.4, -0.2) is 36.9 Å². The van der Waals surface area contributed by atoms with Gasteiger partial charge in [-0.05, 0) is 12.1 Å². The number of hydrogen-bond acceptors (Lipinski definition) is 6. The average Bonchev–Trinajstić information content (AvgIpc) is 2.28. The highest BCUT2D eigenvalue weighted by Gasteiger charge is 2.06. The Kier molecular flexibility index (Phi) is 4.14. The molecule has 0 unspecified atom stereocenters. The van der Waals surface area contributed by atoms with Crippen molar-refractivity contribution in [2.75, 3.05) is 14.2 Å². The normalized spacial score (nSPS) is 11.1. The molecule has 6 nitrogen and oxygen atoms in total. The molecule has 0 bridgehead atoms. The molecule has 0 saturated carbocycles. The first-order chi connectivity index (χ1) is 7.69. The Hall–Kier alpha value is -2.24. The van der Waals surface area contributed by atoms with Gasteiger partial charge in [-0.25, -0.2) is 0 Å². The second-order valence-corrected chi connectivity index (χ2v) is 2.81. The molecule has 6 heteroatoms. The molecule has 0 aliphatic carbocycles. The molecule has 1 aromatic rings. The van der Waals surface area contributed by atoms with Crippen molar-refractivity contribution in [1.82, 2.24) is 0 Å². The Bertz CT molecular complexity index is 416. The number of hydrogen-bond donors (Lipinski definition) is 2. The molecular weight excluding hydrogens is 212 g/mol. The predicted octanol–water partition coefficient (Wildman–Crippen LogP) is 1.06. The minimum absolute atomic E-state index is 0.266. The summed E-state index contributed by atoms with van der Waals surface area (Å²) in [6.45, 7) is 0. The second kappa shape index (κ2) is 5.59. The van der Waals surface area contributed by atoms with Gasteiger partial charge in [0.15, 0.2) is 11.5 Å². The minimum atomic E-state index is -0.268. The second-order valence-electron chi connectivity index (χ2n) is 2.81. The molecule has 2 N–H and O–H groups in total. The zero-order valence-corrected chi connectivity index (χ0v) is 8.91. The number of aromatic hydroxyl groups is 2. The van der Waals surface area contributed by atoms with Gasteiger partial charge >= 0.3 is 0 Å². The molecule has 0 amide bonds. The maximum absolute atomic E-state index is 9.50. The number of rotatable bonds is 4. The smallest absolute Gasteiger partial charge is 0.166 e. The summed E-state index contributed by atoms with van der Waals surface area (Å²) in [5.41, 5.74) is 0.883. The maximum Gasteiger partial charge on any atom is 0.166 e. The molecule has 0 radical (unpaired) electrons. The number of benzene rings is 1. The van der Waals surface area contributed by atoms with E-state index in [0.29, 0.717) is 11.1 Å². The van der Waals surface area contributed by atoms with Gasteiger partial charge in [0.2, 0.25) is 0 Å². The van der Waals surface area contributed by atoms with E-state index < -0.39 is 0 Å². The highest BCUT2D eigenvalue weighted by atomic mass is 16.6. The molecule has 0 heterocycles. The van der Waals surface area contributed by atoms with Gasteiger partial charge in [-0.2, -0.15) is 0 Å². The van der Waals surface area contributed by atoms with E-state index in [1.165, 1.54) is 32.7 Å². The molecule has 1 rings (SSSR count). The number of phenolic OH excluding ortho intramolecular Hbond substituents is 2. The Balaban J connectivity index is 3.11. The lowest BCUT2D eigenvalue weighted by Crippen LogP contribution is -1.89. The fraction of sp³-hybridized carbons (Fsp3) is 0.200. The van der Waals surface area contributed by atoms with E-state index in [4.69, 9.17) is 0 Å². The van der Waals surface area contributed by atoms with Gasteiger partial charge in [-0.1, -0.05) is 10.3 Å². The van der Waals surface area contributed by atoms with Crippen LogP contribution in [0.1, 0.15) is 11.1 Å². The molecule has 86 valence electrons. The van der Waals surface area contributed by atoms with Crippen LogP contribution in [-0.2, 0) is 9.68 Å². The van der Waals surface area contributed by atoms with Crippen LogP contribution in [0.15, 0.2) is 22.4 Å². The quantitative estimate of drug-likeness (QED) is 0.455. The summed E-state index contributed by atoms with van der Waals surface area (Å²) >= 11 is 0. The van der Waals surface area contributed by atoms with E-state index in [1.807, 2.05) is 0 Å². The lowest BCUT2D eigenvalue weighted by atomic mass is 10.1. The Morgan fingerprint density at radius 2 is 1.69 bits per heavy atom. The van der Waals surface area contributed by atoms with E-state index in [0.717, 1.165) is 0 Å². The molecule has 0 fully saturated rings. The van der Waals surface area contributed by atoms with E-state index >= 15 is 0 Å². The van der Waals surface area contributed by atoms with Crippen molar-refractivity contribution in [2.24, 2.45) is 10.3 Å². The summed E-state index contributed by atoms with van der Waals surface area (Å²) in [7, 11) is 2.79. The van der Waals surface area contributed by atoms with Crippen molar-refractivity contribution in [3.8, 4) is 11.5 Å². The molecule has 16 heavy (non-hydrogen) atoms. The van der Waals surface area contributed by atoms with Crippen LogP contribution in [0.2, 0.25) is 0 Å². The zero-order chi connectivity index (χ0) is 12.0. The van der Waals surface area contributed by atoms with Gasteiger partial charge < -0.3 is 19.9 Å². The number of phenols is 2. The van der Waals surface area contributed by atoms with Gasteiger partial charge in [0.1, 0.15) is 14.2 Å². The lowest BCUT2D eigenvalue weighted by Gasteiger charge is -2.03. The van der Waals surface area contributed by atoms with E-state index in [9.17, 15) is 10.2 Å². The summed E-state index contributed by atoms with van der Waals surface area (Å²) in [5.74, 6) is -0.534. The van der Waals surface area contributed by atoms with Gasteiger partial charge in [-0.15, -0.1) is 0 Å². The number of nitrogens with zero attached hydrogens (tertiary/aromatic N) is 2. The molecular formula is C10H12N2O4. The first-order valence-electron chi connectivity index (χ1n) is 4.38. The van der Waals surface area contributed by atoms with E-state index in [2.05, 4.69) is 20.0 Å². The van der Waals surface area contributed by atoms with Crippen LogP contribution in [0.4, 0.5) is 0 Å². The number of oxime groups is 2. The fourth-order valence-corrected chi connectivity index (χ4v) is 1.06. The standard InChI is InChI=1S/C10H12N2O4/c1-15-11-5-7-3-8(6-12-16-2)10(14)9(13)4-7/h3-6,13-14H,1-2H3/b11-5?,12-6+. The largest absolute Gasteiger partial charge is 0.504 e. The highest BCUT2D eigenvalue weighted by Crippen LogP contribution is 2.28. The monoisotopic (exact) mass is 224 g/mol. The van der Waals surface area contributed by atoms with Gasteiger partial charge in [0, 0.05) is 11.1 Å². The molecule has 0 aliphatic rings. The maximum atomic E-state index is 9.50. The van der Waals surface area contributed by atoms with Crippen LogP contribution in [0.5, 0.6) is 11.5 Å². The van der Waals surface area contributed by atoms with Crippen molar-refractivity contribution in [3.63, 3.8) is 0 Å². The van der Waals surface area contributed by atoms with Crippen molar-refractivity contribution in [1.29, 1.82) is 0 Å². The van der Waals surface area contributed by atoms with Crippen molar-refractivity contribution in [2.45, 2.75) is 0 Å².